The molecule has 1 saturated heterocycles. The van der Waals surface area contributed by atoms with Crippen LogP contribution >= 0.6 is 0 Å². The minimum atomic E-state index is -0.430. The number of piperazine rings is 1. The van der Waals surface area contributed by atoms with Crippen molar-refractivity contribution < 1.29 is 9.21 Å². The van der Waals surface area contributed by atoms with Gasteiger partial charge in [-0.05, 0) is 49.4 Å². The first-order valence-corrected chi connectivity index (χ1v) is 9.97. The number of nitrogens with one attached hydrogen (secondary N) is 1. The molecule has 0 saturated carbocycles. The number of hydrogen-bond acceptors (Lipinski definition) is 5. The minimum Gasteiger partial charge on any atom is -0.451 e. The van der Waals surface area contributed by atoms with Crippen LogP contribution in [0.25, 0.3) is 11.0 Å². The molecule has 6 nitrogen and oxygen atoms in total. The van der Waals surface area contributed by atoms with E-state index >= 15 is 0 Å². The lowest BCUT2D eigenvalue weighted by Crippen LogP contribution is -2.46. The number of carbonyl (C=O) groups excluding carboxylic acids is 1. The summed E-state index contributed by atoms with van der Waals surface area (Å²) in [5.74, 6) is -0.423. The summed E-state index contributed by atoms with van der Waals surface area (Å²) < 4.78 is 5.63. The van der Waals surface area contributed by atoms with Crippen molar-refractivity contribution in [2.24, 2.45) is 0 Å². The van der Waals surface area contributed by atoms with Crippen LogP contribution in [0.4, 0.5) is 11.4 Å². The number of nitrogens with zero attached hydrogens (tertiary/aromatic N) is 2. The molecule has 2 aromatic carbocycles. The van der Waals surface area contributed by atoms with Crippen LogP contribution in [0.3, 0.4) is 0 Å². The maximum Gasteiger partial charge on any atom is 0.291 e. The first kappa shape index (κ1) is 19.2. The van der Waals surface area contributed by atoms with Gasteiger partial charge in [0, 0.05) is 43.6 Å². The summed E-state index contributed by atoms with van der Waals surface area (Å²) in [5.41, 5.74) is 3.02. The molecule has 3 aromatic rings. The Morgan fingerprint density at radius 2 is 1.83 bits per heavy atom. The zero-order chi connectivity index (χ0) is 20.4. The number of hydrogen-bond donors (Lipinski definition) is 1. The Labute approximate surface area is 169 Å². The Morgan fingerprint density at radius 3 is 2.55 bits per heavy atom. The number of para-hydroxylation sites is 1. The van der Waals surface area contributed by atoms with Gasteiger partial charge >= 0.3 is 0 Å². The third kappa shape index (κ3) is 4.03. The second kappa shape index (κ2) is 8.09. The molecular weight excluding hydrogens is 366 g/mol. The molecule has 29 heavy (non-hydrogen) atoms. The monoisotopic (exact) mass is 391 g/mol. The zero-order valence-electron chi connectivity index (χ0n) is 16.8. The number of rotatable bonds is 4. The van der Waals surface area contributed by atoms with Gasteiger partial charge < -0.3 is 19.5 Å². The van der Waals surface area contributed by atoms with Gasteiger partial charge in [0.25, 0.3) is 5.91 Å². The lowest BCUT2D eigenvalue weighted by Gasteiger charge is -2.35. The van der Waals surface area contributed by atoms with Gasteiger partial charge in [0.1, 0.15) is 5.58 Å². The van der Waals surface area contributed by atoms with Crippen molar-refractivity contribution in [2.45, 2.75) is 13.8 Å². The first-order chi connectivity index (χ1) is 14.0. The molecule has 0 bridgehead atoms. The maximum absolute atomic E-state index is 12.7. The highest BCUT2D eigenvalue weighted by atomic mass is 16.3. The van der Waals surface area contributed by atoms with Crippen LogP contribution in [0.2, 0.25) is 0 Å². The lowest BCUT2D eigenvalue weighted by molar-refractivity contribution is 0.0997. The molecule has 1 amide bonds. The SMILES string of the molecule is CCN1CCN(c2ccc(NC(=O)c3cc(=O)c4ccccc4o3)c(C)c2)CC1. The summed E-state index contributed by atoms with van der Waals surface area (Å²) in [5, 5.41) is 3.33. The van der Waals surface area contributed by atoms with E-state index in [4.69, 9.17) is 4.42 Å². The lowest BCUT2D eigenvalue weighted by atomic mass is 10.1. The van der Waals surface area contributed by atoms with E-state index < -0.39 is 5.91 Å². The molecule has 0 radical (unpaired) electrons. The molecule has 6 heteroatoms. The van der Waals surface area contributed by atoms with Gasteiger partial charge in [0.05, 0.1) is 5.39 Å². The topological polar surface area (TPSA) is 65.8 Å². The smallest absolute Gasteiger partial charge is 0.291 e. The van der Waals surface area contributed by atoms with Crippen LogP contribution < -0.4 is 15.6 Å². The third-order valence-corrected chi connectivity index (χ3v) is 5.50. The van der Waals surface area contributed by atoms with Gasteiger partial charge in [-0.15, -0.1) is 0 Å². The van der Waals surface area contributed by atoms with Gasteiger partial charge in [-0.25, -0.2) is 0 Å². The molecule has 1 fully saturated rings. The summed E-state index contributed by atoms with van der Waals surface area (Å²) in [6.07, 6.45) is 0. The van der Waals surface area contributed by atoms with E-state index in [-0.39, 0.29) is 11.2 Å². The fourth-order valence-corrected chi connectivity index (χ4v) is 3.71. The van der Waals surface area contributed by atoms with Crippen LogP contribution in [0, 0.1) is 6.92 Å². The predicted molar refractivity (Wildman–Crippen MR) is 116 cm³/mol. The molecule has 1 aliphatic rings. The van der Waals surface area contributed by atoms with Gasteiger partial charge in [-0.1, -0.05) is 19.1 Å². The van der Waals surface area contributed by atoms with Gasteiger partial charge in [-0.2, -0.15) is 0 Å². The molecule has 0 atom stereocenters. The van der Waals surface area contributed by atoms with Crippen LogP contribution in [-0.4, -0.2) is 43.5 Å². The Bertz CT molecular complexity index is 1100. The molecule has 0 spiro atoms. The number of amides is 1. The molecule has 2 heterocycles. The molecule has 4 rings (SSSR count). The van der Waals surface area contributed by atoms with Crippen molar-refractivity contribution in [3.63, 3.8) is 0 Å². The van der Waals surface area contributed by atoms with Crippen molar-refractivity contribution >= 4 is 28.3 Å². The summed E-state index contributed by atoms with van der Waals surface area (Å²) in [6.45, 7) is 9.38. The minimum absolute atomic E-state index is 0.00728. The van der Waals surface area contributed by atoms with E-state index in [1.165, 1.54) is 6.07 Å². The van der Waals surface area contributed by atoms with Crippen molar-refractivity contribution in [3.05, 3.63) is 70.1 Å². The second-order valence-corrected chi connectivity index (χ2v) is 7.35. The number of fused-ring (bicyclic) bond motifs is 1. The molecule has 0 aliphatic carbocycles. The standard InChI is InChI=1S/C23H25N3O3/c1-3-25-10-12-26(13-11-25)17-8-9-19(16(2)14-17)24-23(28)22-15-20(27)18-6-4-5-7-21(18)29-22/h4-9,14-15H,3,10-13H2,1-2H3,(H,24,28). The second-order valence-electron chi connectivity index (χ2n) is 7.35. The van der Waals surface area contributed by atoms with E-state index in [0.29, 0.717) is 16.7 Å². The summed E-state index contributed by atoms with van der Waals surface area (Å²) in [6, 6.07) is 14.2. The molecule has 150 valence electrons. The highest BCUT2D eigenvalue weighted by Gasteiger charge is 2.17. The van der Waals surface area contributed by atoms with Crippen LogP contribution in [0.1, 0.15) is 23.0 Å². The average molecular weight is 391 g/mol. The van der Waals surface area contributed by atoms with Crippen LogP contribution in [-0.2, 0) is 0 Å². The van der Waals surface area contributed by atoms with Gasteiger partial charge in [-0.3, -0.25) is 9.59 Å². The van der Waals surface area contributed by atoms with Crippen LogP contribution in [0.15, 0.2) is 57.7 Å². The number of benzene rings is 2. The number of likely N-dealkylation sites (N-methyl/N-ethyl adjacent to an activating group) is 1. The van der Waals surface area contributed by atoms with E-state index in [1.54, 1.807) is 24.3 Å². The molecule has 1 aliphatic heterocycles. The molecule has 0 unspecified atom stereocenters. The largest absolute Gasteiger partial charge is 0.451 e. The Balaban J connectivity index is 1.51. The predicted octanol–water partition coefficient (Wildman–Crippen LogP) is 3.50. The quantitative estimate of drug-likeness (QED) is 0.737. The number of carbonyl (C=O) groups is 1. The molecular formula is C23H25N3O3. The van der Waals surface area contributed by atoms with E-state index in [2.05, 4.69) is 28.1 Å². The Morgan fingerprint density at radius 1 is 1.07 bits per heavy atom. The maximum atomic E-state index is 12.7. The van der Waals surface area contributed by atoms with Gasteiger partial charge in [0.2, 0.25) is 0 Å². The van der Waals surface area contributed by atoms with E-state index in [0.717, 1.165) is 44.0 Å². The van der Waals surface area contributed by atoms with E-state index in [1.807, 2.05) is 19.1 Å². The van der Waals surface area contributed by atoms with Crippen molar-refractivity contribution in [2.75, 3.05) is 42.9 Å². The third-order valence-electron chi connectivity index (χ3n) is 5.50. The normalized spacial score (nSPS) is 14.9. The van der Waals surface area contributed by atoms with Gasteiger partial charge in [0.15, 0.2) is 11.2 Å². The fraction of sp³-hybridized carbons (Fsp3) is 0.304. The zero-order valence-corrected chi connectivity index (χ0v) is 16.8. The van der Waals surface area contributed by atoms with Crippen molar-refractivity contribution in [1.82, 2.24) is 4.90 Å². The van der Waals surface area contributed by atoms with Crippen LogP contribution in [0.5, 0.6) is 0 Å². The Kier molecular flexibility index (Phi) is 5.36. The highest BCUT2D eigenvalue weighted by molar-refractivity contribution is 6.03. The fourth-order valence-electron chi connectivity index (χ4n) is 3.71. The highest BCUT2D eigenvalue weighted by Crippen LogP contribution is 2.24. The summed E-state index contributed by atoms with van der Waals surface area (Å²) >= 11 is 0. The summed E-state index contributed by atoms with van der Waals surface area (Å²) in [7, 11) is 0. The summed E-state index contributed by atoms with van der Waals surface area (Å²) in [4.78, 5) is 29.7. The molecule has 1 aromatic heterocycles. The number of anilines is 2. The van der Waals surface area contributed by atoms with E-state index in [9.17, 15) is 9.59 Å². The van der Waals surface area contributed by atoms with Crippen molar-refractivity contribution in [1.29, 1.82) is 0 Å². The first-order valence-electron chi connectivity index (χ1n) is 9.97. The van der Waals surface area contributed by atoms with Crippen molar-refractivity contribution in [3.8, 4) is 0 Å². The Hall–Kier alpha value is -3.12. The molecule has 1 N–H and O–H groups in total. The average Bonchev–Trinajstić information content (AvgIpc) is 2.75. The number of aryl methyl sites for hydroxylation is 1.